The molecule has 0 N–H and O–H groups in total. The molecule has 0 saturated carbocycles. The van der Waals surface area contributed by atoms with Gasteiger partial charge in [-0.2, -0.15) is 4.31 Å². The van der Waals surface area contributed by atoms with Crippen LogP contribution in [0.4, 0.5) is 0 Å². The molecule has 1 unspecified atom stereocenters. The molecule has 1 aliphatic heterocycles. The number of piperazine rings is 1. The van der Waals surface area contributed by atoms with E-state index in [2.05, 4.69) is 29.2 Å². The van der Waals surface area contributed by atoms with Crippen molar-refractivity contribution in [2.24, 2.45) is 0 Å². The standard InChI is InChI=1S/C14H20N2O2S/c1-19(17,18)16-10-8-15(9-11-16)14-7-6-12-4-2-3-5-13(12)14/h2-5,14H,6-11H2,1H3. The highest BCUT2D eigenvalue weighted by Gasteiger charge is 2.31. The van der Waals surface area contributed by atoms with E-state index in [1.165, 1.54) is 17.4 Å². The molecule has 1 atom stereocenters. The van der Waals surface area contributed by atoms with Crippen molar-refractivity contribution in [3.8, 4) is 0 Å². The number of nitrogens with zero attached hydrogens (tertiary/aromatic N) is 2. The Morgan fingerprint density at radius 1 is 1.11 bits per heavy atom. The fourth-order valence-electron chi connectivity index (χ4n) is 3.26. The molecule has 0 amide bonds. The van der Waals surface area contributed by atoms with Gasteiger partial charge in [0.25, 0.3) is 0 Å². The molecule has 2 aliphatic rings. The summed E-state index contributed by atoms with van der Waals surface area (Å²) in [5.41, 5.74) is 2.90. The van der Waals surface area contributed by atoms with Crippen molar-refractivity contribution < 1.29 is 8.42 Å². The maximum Gasteiger partial charge on any atom is 0.211 e. The van der Waals surface area contributed by atoms with Gasteiger partial charge in [-0.1, -0.05) is 24.3 Å². The van der Waals surface area contributed by atoms with Crippen LogP contribution in [0.2, 0.25) is 0 Å². The van der Waals surface area contributed by atoms with E-state index in [4.69, 9.17) is 0 Å². The van der Waals surface area contributed by atoms with Crippen LogP contribution in [0, 0.1) is 0 Å². The molecule has 1 aromatic carbocycles. The van der Waals surface area contributed by atoms with Gasteiger partial charge in [-0.25, -0.2) is 8.42 Å². The molecular weight excluding hydrogens is 260 g/mol. The van der Waals surface area contributed by atoms with Crippen LogP contribution in [0.25, 0.3) is 0 Å². The molecule has 3 rings (SSSR count). The van der Waals surface area contributed by atoms with E-state index in [1.54, 1.807) is 4.31 Å². The van der Waals surface area contributed by atoms with Gasteiger partial charge in [-0.15, -0.1) is 0 Å². The molecule has 0 bridgehead atoms. The normalized spacial score (nSPS) is 25.4. The highest BCUT2D eigenvalue weighted by Crippen LogP contribution is 2.35. The van der Waals surface area contributed by atoms with Crippen LogP contribution >= 0.6 is 0 Å². The molecule has 19 heavy (non-hydrogen) atoms. The summed E-state index contributed by atoms with van der Waals surface area (Å²) >= 11 is 0. The summed E-state index contributed by atoms with van der Waals surface area (Å²) in [5.74, 6) is 0. The lowest BCUT2D eigenvalue weighted by molar-refractivity contribution is 0.137. The predicted octanol–water partition coefficient (Wildman–Crippen LogP) is 1.25. The van der Waals surface area contributed by atoms with Gasteiger partial charge in [0.15, 0.2) is 0 Å². The van der Waals surface area contributed by atoms with E-state index in [-0.39, 0.29) is 0 Å². The van der Waals surface area contributed by atoms with Crippen LogP contribution in [0.5, 0.6) is 0 Å². The first-order chi connectivity index (χ1) is 9.05. The summed E-state index contributed by atoms with van der Waals surface area (Å²) in [5, 5.41) is 0. The Hall–Kier alpha value is -0.910. The molecule has 104 valence electrons. The number of benzene rings is 1. The Bertz CT molecular complexity index is 563. The molecule has 1 aliphatic carbocycles. The second kappa shape index (κ2) is 4.89. The smallest absolute Gasteiger partial charge is 0.211 e. The summed E-state index contributed by atoms with van der Waals surface area (Å²) in [6.07, 6.45) is 3.61. The van der Waals surface area contributed by atoms with Crippen molar-refractivity contribution in [2.45, 2.75) is 18.9 Å². The molecule has 1 fully saturated rings. The summed E-state index contributed by atoms with van der Waals surface area (Å²) in [6, 6.07) is 9.11. The van der Waals surface area contributed by atoms with Gasteiger partial charge in [0.1, 0.15) is 0 Å². The summed E-state index contributed by atoms with van der Waals surface area (Å²) in [7, 11) is -3.03. The number of sulfonamides is 1. The lowest BCUT2D eigenvalue weighted by Crippen LogP contribution is -2.49. The molecule has 1 heterocycles. The topological polar surface area (TPSA) is 40.6 Å². The fraction of sp³-hybridized carbons (Fsp3) is 0.571. The SMILES string of the molecule is CS(=O)(=O)N1CCN(C2CCc3ccccc32)CC1. The van der Waals surface area contributed by atoms with Gasteiger partial charge >= 0.3 is 0 Å². The lowest BCUT2D eigenvalue weighted by atomic mass is 10.1. The van der Waals surface area contributed by atoms with E-state index < -0.39 is 10.0 Å². The van der Waals surface area contributed by atoms with Crippen molar-refractivity contribution in [1.82, 2.24) is 9.21 Å². The van der Waals surface area contributed by atoms with Crippen LogP contribution in [0.1, 0.15) is 23.6 Å². The van der Waals surface area contributed by atoms with Gasteiger partial charge in [0, 0.05) is 32.2 Å². The number of aryl methyl sites for hydroxylation is 1. The second-order valence-electron chi connectivity index (χ2n) is 5.45. The Labute approximate surface area is 115 Å². The number of rotatable bonds is 2. The van der Waals surface area contributed by atoms with Gasteiger partial charge in [0.2, 0.25) is 10.0 Å². The average Bonchev–Trinajstić information content (AvgIpc) is 2.82. The number of hydrogen-bond donors (Lipinski definition) is 0. The van der Waals surface area contributed by atoms with Crippen molar-refractivity contribution >= 4 is 10.0 Å². The Kier molecular flexibility index (Phi) is 3.37. The quantitative estimate of drug-likeness (QED) is 0.818. The molecule has 5 heteroatoms. The van der Waals surface area contributed by atoms with E-state index in [9.17, 15) is 8.42 Å². The Balaban J connectivity index is 1.71. The highest BCUT2D eigenvalue weighted by molar-refractivity contribution is 7.88. The minimum Gasteiger partial charge on any atom is -0.294 e. The van der Waals surface area contributed by atoms with Gasteiger partial charge in [-0.3, -0.25) is 4.90 Å². The van der Waals surface area contributed by atoms with Crippen LogP contribution in [0.15, 0.2) is 24.3 Å². The van der Waals surface area contributed by atoms with Crippen molar-refractivity contribution in [2.75, 3.05) is 32.4 Å². The largest absolute Gasteiger partial charge is 0.294 e. The van der Waals surface area contributed by atoms with Gasteiger partial charge in [0.05, 0.1) is 6.26 Å². The molecular formula is C14H20N2O2S. The first-order valence-corrected chi connectivity index (χ1v) is 8.67. The van der Waals surface area contributed by atoms with E-state index in [0.717, 1.165) is 25.9 Å². The molecule has 1 saturated heterocycles. The predicted molar refractivity (Wildman–Crippen MR) is 75.5 cm³/mol. The van der Waals surface area contributed by atoms with Crippen molar-refractivity contribution in [1.29, 1.82) is 0 Å². The zero-order chi connectivity index (χ0) is 13.5. The zero-order valence-corrected chi connectivity index (χ0v) is 12.1. The maximum atomic E-state index is 11.5. The van der Waals surface area contributed by atoms with Gasteiger partial charge in [-0.05, 0) is 24.0 Å². The number of hydrogen-bond acceptors (Lipinski definition) is 3. The first kappa shape index (κ1) is 13.1. The van der Waals surface area contributed by atoms with Crippen LogP contribution < -0.4 is 0 Å². The van der Waals surface area contributed by atoms with E-state index in [1.807, 2.05) is 0 Å². The molecule has 0 spiro atoms. The maximum absolute atomic E-state index is 11.5. The summed E-state index contributed by atoms with van der Waals surface area (Å²) in [6.45, 7) is 2.92. The lowest BCUT2D eigenvalue weighted by Gasteiger charge is -2.37. The Morgan fingerprint density at radius 3 is 2.47 bits per heavy atom. The van der Waals surface area contributed by atoms with Crippen molar-refractivity contribution in [3.63, 3.8) is 0 Å². The minimum atomic E-state index is -3.03. The first-order valence-electron chi connectivity index (χ1n) is 6.83. The molecule has 0 aromatic heterocycles. The molecule has 1 aromatic rings. The highest BCUT2D eigenvalue weighted by atomic mass is 32.2. The fourth-order valence-corrected chi connectivity index (χ4v) is 4.09. The van der Waals surface area contributed by atoms with Crippen LogP contribution in [-0.2, 0) is 16.4 Å². The van der Waals surface area contributed by atoms with E-state index in [0.29, 0.717) is 19.1 Å². The van der Waals surface area contributed by atoms with E-state index >= 15 is 0 Å². The number of fused-ring (bicyclic) bond motifs is 1. The van der Waals surface area contributed by atoms with Crippen LogP contribution in [0.3, 0.4) is 0 Å². The zero-order valence-electron chi connectivity index (χ0n) is 11.2. The van der Waals surface area contributed by atoms with Crippen LogP contribution in [-0.4, -0.2) is 50.1 Å². The third-order valence-electron chi connectivity index (χ3n) is 4.28. The second-order valence-corrected chi connectivity index (χ2v) is 7.43. The molecule has 4 nitrogen and oxygen atoms in total. The molecule has 0 radical (unpaired) electrons. The van der Waals surface area contributed by atoms with Gasteiger partial charge < -0.3 is 0 Å². The average molecular weight is 280 g/mol. The minimum absolute atomic E-state index is 0.484. The monoisotopic (exact) mass is 280 g/mol. The van der Waals surface area contributed by atoms with Crippen molar-refractivity contribution in [3.05, 3.63) is 35.4 Å². The Morgan fingerprint density at radius 2 is 1.79 bits per heavy atom. The summed E-state index contributed by atoms with van der Waals surface area (Å²) in [4.78, 5) is 2.44. The third-order valence-corrected chi connectivity index (χ3v) is 5.59. The summed E-state index contributed by atoms with van der Waals surface area (Å²) < 4.78 is 24.6. The third kappa shape index (κ3) is 2.55.